The molecule has 8 heteroatoms. The molecule has 1 aliphatic heterocycles. The minimum absolute atomic E-state index is 0.00614. The molecule has 2 N–H and O–H groups in total. The van der Waals surface area contributed by atoms with E-state index in [0.717, 1.165) is 44.1 Å². The summed E-state index contributed by atoms with van der Waals surface area (Å²) in [7, 11) is 0. The first-order valence-corrected chi connectivity index (χ1v) is 12.1. The van der Waals surface area contributed by atoms with Crippen LogP contribution < -0.4 is 10.6 Å². The van der Waals surface area contributed by atoms with E-state index in [-0.39, 0.29) is 31.1 Å². The largest absolute Gasteiger partial charge is 0.467 e. The maximum atomic E-state index is 13.5. The van der Waals surface area contributed by atoms with Crippen molar-refractivity contribution in [1.29, 1.82) is 0 Å². The van der Waals surface area contributed by atoms with Crippen molar-refractivity contribution in [2.45, 2.75) is 70.2 Å². The van der Waals surface area contributed by atoms with Crippen LogP contribution >= 0.6 is 0 Å². The lowest BCUT2D eigenvalue weighted by atomic mass is 10.0. The third-order valence-corrected chi connectivity index (χ3v) is 6.54. The predicted molar refractivity (Wildman–Crippen MR) is 126 cm³/mol. The average molecular weight is 468 g/mol. The lowest BCUT2D eigenvalue weighted by Crippen LogP contribution is -2.52. The summed E-state index contributed by atoms with van der Waals surface area (Å²) >= 11 is 0. The number of ether oxygens (including phenoxy) is 1. The van der Waals surface area contributed by atoms with Gasteiger partial charge in [-0.2, -0.15) is 0 Å². The number of carbonyl (C=O) groups excluding carboxylic acids is 3. The molecule has 1 saturated carbocycles. The van der Waals surface area contributed by atoms with Gasteiger partial charge in [0.05, 0.1) is 18.9 Å². The Morgan fingerprint density at radius 1 is 1.06 bits per heavy atom. The molecular weight excluding hydrogens is 434 g/mol. The molecule has 2 atom stereocenters. The molecule has 1 aromatic heterocycles. The Hall–Kier alpha value is -3.13. The van der Waals surface area contributed by atoms with E-state index in [0.29, 0.717) is 17.9 Å². The van der Waals surface area contributed by atoms with Crippen molar-refractivity contribution in [3.63, 3.8) is 0 Å². The second kappa shape index (κ2) is 11.3. The molecular formula is C26H33N3O5. The Labute approximate surface area is 200 Å². The van der Waals surface area contributed by atoms with Crippen LogP contribution in [-0.4, -0.2) is 47.9 Å². The number of nitrogens with zero attached hydrogens (tertiary/aromatic N) is 1. The third-order valence-electron chi connectivity index (χ3n) is 6.54. The maximum absolute atomic E-state index is 13.5. The van der Waals surface area contributed by atoms with E-state index in [4.69, 9.17) is 9.15 Å². The van der Waals surface area contributed by atoms with Crippen LogP contribution in [0.3, 0.4) is 0 Å². The summed E-state index contributed by atoms with van der Waals surface area (Å²) in [4.78, 5) is 41.3. The Balaban J connectivity index is 1.60. The molecule has 1 saturated heterocycles. The third kappa shape index (κ3) is 6.05. The SMILES string of the molecule is Cc1ccc([C@H](C(=O)NCc2ccco2)N(C[C@H]2CCCO2)C(=O)C(=O)NC2CCCC2)cc1. The topological polar surface area (TPSA) is 101 Å². The van der Waals surface area contributed by atoms with Gasteiger partial charge in [-0.3, -0.25) is 14.4 Å². The number of hydrogen-bond acceptors (Lipinski definition) is 5. The number of amides is 3. The van der Waals surface area contributed by atoms with Crippen molar-refractivity contribution in [3.05, 3.63) is 59.5 Å². The molecule has 182 valence electrons. The molecule has 1 aromatic carbocycles. The van der Waals surface area contributed by atoms with Crippen molar-refractivity contribution in [2.24, 2.45) is 0 Å². The molecule has 3 amide bonds. The summed E-state index contributed by atoms with van der Waals surface area (Å²) in [5.74, 6) is -1.14. The molecule has 0 radical (unpaired) electrons. The van der Waals surface area contributed by atoms with E-state index in [1.165, 1.54) is 4.90 Å². The van der Waals surface area contributed by atoms with Gasteiger partial charge in [0, 0.05) is 19.2 Å². The number of furan rings is 1. The molecule has 34 heavy (non-hydrogen) atoms. The number of rotatable bonds is 8. The van der Waals surface area contributed by atoms with E-state index >= 15 is 0 Å². The van der Waals surface area contributed by atoms with Crippen LogP contribution in [-0.2, 0) is 25.7 Å². The molecule has 2 aliphatic rings. The first-order chi connectivity index (χ1) is 16.5. The van der Waals surface area contributed by atoms with Gasteiger partial charge < -0.3 is 24.7 Å². The Morgan fingerprint density at radius 2 is 1.82 bits per heavy atom. The van der Waals surface area contributed by atoms with Gasteiger partial charge in [0.1, 0.15) is 11.8 Å². The highest BCUT2D eigenvalue weighted by atomic mass is 16.5. The summed E-state index contributed by atoms with van der Waals surface area (Å²) in [5, 5.41) is 5.75. The second-order valence-electron chi connectivity index (χ2n) is 9.16. The molecule has 0 unspecified atom stereocenters. The standard InChI is InChI=1S/C26H33N3O5/c1-18-10-12-19(13-11-18)23(24(30)27-16-21-8-4-14-33-21)29(17-22-9-5-15-34-22)26(32)25(31)28-20-6-2-3-7-20/h4,8,10-14,20,22-23H,2-3,5-7,9,15-17H2,1H3,(H,27,30)(H,28,31)/t22-,23-/m1/s1. The highest BCUT2D eigenvalue weighted by Crippen LogP contribution is 2.26. The zero-order valence-corrected chi connectivity index (χ0v) is 19.6. The van der Waals surface area contributed by atoms with E-state index in [1.807, 2.05) is 31.2 Å². The maximum Gasteiger partial charge on any atom is 0.312 e. The quantitative estimate of drug-likeness (QED) is 0.582. The monoisotopic (exact) mass is 467 g/mol. The van der Waals surface area contributed by atoms with Crippen molar-refractivity contribution < 1.29 is 23.5 Å². The van der Waals surface area contributed by atoms with Crippen LogP contribution in [0.2, 0.25) is 0 Å². The van der Waals surface area contributed by atoms with Gasteiger partial charge in [-0.25, -0.2) is 0 Å². The van der Waals surface area contributed by atoms with Crippen LogP contribution in [0, 0.1) is 6.92 Å². The summed E-state index contributed by atoms with van der Waals surface area (Å²) in [5.41, 5.74) is 1.68. The van der Waals surface area contributed by atoms with Gasteiger partial charge in [0.15, 0.2) is 0 Å². The smallest absolute Gasteiger partial charge is 0.312 e. The normalized spacial score (nSPS) is 19.0. The van der Waals surface area contributed by atoms with Gasteiger partial charge in [0.2, 0.25) is 5.91 Å². The van der Waals surface area contributed by atoms with Gasteiger partial charge in [-0.05, 0) is 50.3 Å². The summed E-state index contributed by atoms with van der Waals surface area (Å²) in [6, 6.07) is 10.0. The molecule has 8 nitrogen and oxygen atoms in total. The fourth-order valence-corrected chi connectivity index (χ4v) is 4.67. The van der Waals surface area contributed by atoms with Crippen molar-refractivity contribution in [3.8, 4) is 0 Å². The van der Waals surface area contributed by atoms with Crippen molar-refractivity contribution in [2.75, 3.05) is 13.2 Å². The summed E-state index contributed by atoms with van der Waals surface area (Å²) in [6.07, 6.45) is 6.82. The molecule has 2 heterocycles. The summed E-state index contributed by atoms with van der Waals surface area (Å²) < 4.78 is 11.1. The molecule has 1 aliphatic carbocycles. The number of hydrogen-bond donors (Lipinski definition) is 2. The second-order valence-corrected chi connectivity index (χ2v) is 9.16. The Bertz CT molecular complexity index is 961. The van der Waals surface area contributed by atoms with E-state index < -0.39 is 17.9 Å². The summed E-state index contributed by atoms with van der Waals surface area (Å²) in [6.45, 7) is 2.93. The predicted octanol–water partition coefficient (Wildman–Crippen LogP) is 3.01. The van der Waals surface area contributed by atoms with Crippen molar-refractivity contribution >= 4 is 17.7 Å². The van der Waals surface area contributed by atoms with Crippen LogP contribution in [0.5, 0.6) is 0 Å². The van der Waals surface area contributed by atoms with Crippen LogP contribution in [0.1, 0.15) is 61.5 Å². The minimum Gasteiger partial charge on any atom is -0.467 e. The zero-order chi connectivity index (χ0) is 23.9. The van der Waals surface area contributed by atoms with E-state index in [1.54, 1.807) is 18.4 Å². The molecule has 2 aromatic rings. The van der Waals surface area contributed by atoms with E-state index in [2.05, 4.69) is 10.6 Å². The number of aryl methyl sites for hydroxylation is 1. The van der Waals surface area contributed by atoms with Gasteiger partial charge in [-0.15, -0.1) is 0 Å². The Kier molecular flexibility index (Phi) is 8.00. The van der Waals surface area contributed by atoms with Gasteiger partial charge in [-0.1, -0.05) is 42.7 Å². The van der Waals surface area contributed by atoms with E-state index in [9.17, 15) is 14.4 Å². The highest BCUT2D eigenvalue weighted by molar-refractivity contribution is 6.35. The molecule has 2 fully saturated rings. The van der Waals surface area contributed by atoms with Crippen LogP contribution in [0.25, 0.3) is 0 Å². The fraction of sp³-hybridized carbons (Fsp3) is 0.500. The van der Waals surface area contributed by atoms with Crippen molar-refractivity contribution in [1.82, 2.24) is 15.5 Å². The minimum atomic E-state index is -0.971. The zero-order valence-electron chi connectivity index (χ0n) is 19.6. The first-order valence-electron chi connectivity index (χ1n) is 12.1. The first kappa shape index (κ1) is 24.0. The molecule has 0 bridgehead atoms. The lowest BCUT2D eigenvalue weighted by molar-refractivity contribution is -0.151. The average Bonchev–Trinajstić information content (AvgIpc) is 3.62. The lowest BCUT2D eigenvalue weighted by Gasteiger charge is -2.32. The number of carbonyl (C=O) groups is 3. The highest BCUT2D eigenvalue weighted by Gasteiger charge is 2.37. The number of benzene rings is 1. The van der Waals surface area contributed by atoms with Crippen LogP contribution in [0.4, 0.5) is 0 Å². The van der Waals surface area contributed by atoms with Crippen LogP contribution in [0.15, 0.2) is 47.1 Å². The molecule has 4 rings (SSSR count). The number of nitrogens with one attached hydrogen (secondary N) is 2. The van der Waals surface area contributed by atoms with Gasteiger partial charge in [0.25, 0.3) is 0 Å². The Morgan fingerprint density at radius 3 is 2.47 bits per heavy atom. The molecule has 0 spiro atoms. The van der Waals surface area contributed by atoms with Gasteiger partial charge >= 0.3 is 11.8 Å². The fourth-order valence-electron chi connectivity index (χ4n) is 4.67.